The van der Waals surface area contributed by atoms with Gasteiger partial charge in [0.1, 0.15) is 10.8 Å². The molecule has 0 aliphatic rings. The number of para-hydroxylation sites is 1. The number of nitrogens with one attached hydrogen (secondary N) is 1. The van der Waals surface area contributed by atoms with Gasteiger partial charge >= 0.3 is 0 Å². The topological polar surface area (TPSA) is 85.6 Å². The molecule has 0 spiro atoms. The molecular formula is C20H26N6OS. The van der Waals surface area contributed by atoms with Crippen LogP contribution in [0.4, 0.5) is 5.13 Å². The first kappa shape index (κ1) is 20.1. The van der Waals surface area contributed by atoms with Crippen LogP contribution in [0.1, 0.15) is 79.4 Å². The van der Waals surface area contributed by atoms with Crippen LogP contribution in [0.25, 0.3) is 5.69 Å². The van der Waals surface area contributed by atoms with Crippen LogP contribution < -0.4 is 5.32 Å². The minimum atomic E-state index is -0.379. The third kappa shape index (κ3) is 4.11. The maximum absolute atomic E-state index is 12.6. The van der Waals surface area contributed by atoms with E-state index in [9.17, 15) is 4.79 Å². The van der Waals surface area contributed by atoms with Crippen LogP contribution in [-0.4, -0.2) is 30.9 Å². The number of aryl methyl sites for hydroxylation is 1. The zero-order valence-electron chi connectivity index (χ0n) is 16.9. The van der Waals surface area contributed by atoms with Crippen LogP contribution in [0.15, 0.2) is 24.3 Å². The van der Waals surface area contributed by atoms with E-state index in [4.69, 9.17) is 0 Å². The number of hydrogen-bond acceptors (Lipinski definition) is 6. The molecule has 0 aliphatic heterocycles. The van der Waals surface area contributed by atoms with Crippen LogP contribution in [0.2, 0.25) is 0 Å². The quantitative estimate of drug-likeness (QED) is 0.623. The van der Waals surface area contributed by atoms with E-state index in [2.05, 4.69) is 59.4 Å². The molecular weight excluding hydrogens is 372 g/mol. The third-order valence-electron chi connectivity index (χ3n) is 4.75. The van der Waals surface area contributed by atoms with E-state index >= 15 is 0 Å². The Balaban J connectivity index is 1.83. The fourth-order valence-corrected chi connectivity index (χ4v) is 4.13. The summed E-state index contributed by atoms with van der Waals surface area (Å²) in [4.78, 5) is 17.0. The van der Waals surface area contributed by atoms with Gasteiger partial charge in [-0.05, 0) is 37.3 Å². The van der Waals surface area contributed by atoms with E-state index in [0.29, 0.717) is 22.8 Å². The summed E-state index contributed by atoms with van der Waals surface area (Å²) in [5, 5.41) is 17.0. The lowest BCUT2D eigenvalue weighted by Crippen LogP contribution is -2.14. The first-order chi connectivity index (χ1) is 13.4. The van der Waals surface area contributed by atoms with Gasteiger partial charge in [0.25, 0.3) is 5.91 Å². The minimum Gasteiger partial charge on any atom is -0.294 e. The van der Waals surface area contributed by atoms with E-state index in [0.717, 1.165) is 29.1 Å². The summed E-state index contributed by atoms with van der Waals surface area (Å²) >= 11 is 1.41. The Morgan fingerprint density at radius 2 is 1.89 bits per heavy atom. The molecule has 0 radical (unpaired) electrons. The van der Waals surface area contributed by atoms with Crippen molar-refractivity contribution in [2.24, 2.45) is 0 Å². The van der Waals surface area contributed by atoms with Crippen LogP contribution >= 0.6 is 11.3 Å². The number of nitrogens with zero attached hydrogens (tertiary/aromatic N) is 5. The number of carbonyl (C=O) groups excluding carboxylic acids is 1. The number of hydrogen-bond donors (Lipinski definition) is 1. The molecule has 2 aromatic heterocycles. The lowest BCUT2D eigenvalue weighted by atomic mass is 10.0. The van der Waals surface area contributed by atoms with Gasteiger partial charge < -0.3 is 0 Å². The molecule has 0 unspecified atom stereocenters. The molecule has 0 fully saturated rings. The highest BCUT2D eigenvalue weighted by atomic mass is 32.1. The highest BCUT2D eigenvalue weighted by molar-refractivity contribution is 7.15. The van der Waals surface area contributed by atoms with Gasteiger partial charge in [-0.25, -0.2) is 9.67 Å². The van der Waals surface area contributed by atoms with Crippen molar-refractivity contribution in [3.8, 4) is 5.69 Å². The van der Waals surface area contributed by atoms with Crippen molar-refractivity contribution in [3.05, 3.63) is 46.5 Å². The normalized spacial score (nSPS) is 11.4. The van der Waals surface area contributed by atoms with Crippen molar-refractivity contribution in [3.63, 3.8) is 0 Å². The molecule has 28 heavy (non-hydrogen) atoms. The molecule has 0 atom stereocenters. The van der Waals surface area contributed by atoms with E-state index in [1.165, 1.54) is 11.3 Å². The maximum Gasteiger partial charge on any atom is 0.297 e. The second-order valence-corrected chi connectivity index (χ2v) is 8.03. The predicted octanol–water partition coefficient (Wildman–Crippen LogP) is 4.71. The lowest BCUT2D eigenvalue weighted by Gasteiger charge is -2.12. The molecule has 3 rings (SSSR count). The number of aromatic nitrogens is 5. The number of benzene rings is 1. The largest absolute Gasteiger partial charge is 0.297 e. The van der Waals surface area contributed by atoms with E-state index < -0.39 is 0 Å². The molecule has 0 bridgehead atoms. The van der Waals surface area contributed by atoms with Gasteiger partial charge in [0.05, 0.1) is 5.69 Å². The number of amides is 1. The van der Waals surface area contributed by atoms with E-state index in [1.54, 1.807) is 4.68 Å². The minimum absolute atomic E-state index is 0.121. The highest BCUT2D eigenvalue weighted by Crippen LogP contribution is 2.28. The van der Waals surface area contributed by atoms with Crippen molar-refractivity contribution < 1.29 is 4.79 Å². The predicted molar refractivity (Wildman–Crippen MR) is 111 cm³/mol. The monoisotopic (exact) mass is 398 g/mol. The number of carbonyl (C=O) groups is 1. The molecule has 3 aromatic rings. The van der Waals surface area contributed by atoms with Crippen molar-refractivity contribution in [2.45, 2.75) is 59.3 Å². The van der Waals surface area contributed by atoms with Crippen LogP contribution in [0.3, 0.4) is 0 Å². The second-order valence-electron chi connectivity index (χ2n) is 7.02. The zero-order valence-corrected chi connectivity index (χ0v) is 17.7. The van der Waals surface area contributed by atoms with E-state index in [1.807, 2.05) is 25.1 Å². The van der Waals surface area contributed by atoms with Gasteiger partial charge in [-0.2, -0.15) is 0 Å². The molecule has 1 aromatic carbocycles. The molecule has 8 heteroatoms. The first-order valence-corrected chi connectivity index (χ1v) is 10.4. The molecule has 0 saturated heterocycles. The SMILES string of the molecule is CCC(CC)c1nnc(NC(=O)c2nc(C)n(-c3ccccc3C(C)C)n2)s1. The standard InChI is InChI=1S/C20H26N6OS/c1-6-14(7-2)19-23-24-20(28-19)22-18(27)17-21-13(5)26(25-17)16-11-9-8-10-15(16)12(3)4/h8-12,14H,6-7H2,1-5H3,(H,22,24,27). The first-order valence-electron chi connectivity index (χ1n) is 9.62. The lowest BCUT2D eigenvalue weighted by molar-refractivity contribution is 0.101. The summed E-state index contributed by atoms with van der Waals surface area (Å²) in [5.41, 5.74) is 2.09. The van der Waals surface area contributed by atoms with Crippen molar-refractivity contribution >= 4 is 22.4 Å². The summed E-state index contributed by atoms with van der Waals surface area (Å²) in [7, 11) is 0. The van der Waals surface area contributed by atoms with Crippen LogP contribution in [-0.2, 0) is 0 Å². The van der Waals surface area contributed by atoms with Gasteiger partial charge in [0.2, 0.25) is 11.0 Å². The van der Waals surface area contributed by atoms with Gasteiger partial charge in [-0.3, -0.25) is 10.1 Å². The molecule has 0 aliphatic carbocycles. The number of anilines is 1. The summed E-state index contributed by atoms with van der Waals surface area (Å²) in [6, 6.07) is 8.03. The molecule has 2 heterocycles. The van der Waals surface area contributed by atoms with E-state index in [-0.39, 0.29) is 11.7 Å². The Kier molecular flexibility index (Phi) is 6.18. The number of rotatable bonds is 7. The Morgan fingerprint density at radius 3 is 2.57 bits per heavy atom. The van der Waals surface area contributed by atoms with Crippen molar-refractivity contribution in [1.82, 2.24) is 25.0 Å². The Bertz CT molecular complexity index is 957. The van der Waals surface area contributed by atoms with Crippen LogP contribution in [0.5, 0.6) is 0 Å². The summed E-state index contributed by atoms with van der Waals surface area (Å²) in [5.74, 6) is 1.11. The molecule has 148 valence electrons. The van der Waals surface area contributed by atoms with Crippen LogP contribution in [0, 0.1) is 6.92 Å². The van der Waals surface area contributed by atoms with Crippen molar-refractivity contribution in [2.75, 3.05) is 5.32 Å². The average molecular weight is 399 g/mol. The maximum atomic E-state index is 12.6. The Morgan fingerprint density at radius 1 is 1.18 bits per heavy atom. The van der Waals surface area contributed by atoms with Gasteiger partial charge in [-0.1, -0.05) is 57.2 Å². The van der Waals surface area contributed by atoms with Gasteiger partial charge in [0.15, 0.2) is 0 Å². The Labute approximate surface area is 169 Å². The van der Waals surface area contributed by atoms with Gasteiger partial charge in [0, 0.05) is 5.92 Å². The Hall–Kier alpha value is -2.61. The van der Waals surface area contributed by atoms with Crippen molar-refractivity contribution in [1.29, 1.82) is 0 Å². The van der Waals surface area contributed by atoms with Gasteiger partial charge in [-0.15, -0.1) is 15.3 Å². The second kappa shape index (κ2) is 8.60. The summed E-state index contributed by atoms with van der Waals surface area (Å²) in [6.07, 6.45) is 2.00. The highest BCUT2D eigenvalue weighted by Gasteiger charge is 2.20. The fraction of sp³-hybridized carbons (Fsp3) is 0.450. The fourth-order valence-electron chi connectivity index (χ4n) is 3.12. The molecule has 7 nitrogen and oxygen atoms in total. The molecule has 1 N–H and O–H groups in total. The average Bonchev–Trinajstić information content (AvgIpc) is 3.29. The summed E-state index contributed by atoms with van der Waals surface area (Å²) in [6.45, 7) is 10.4. The summed E-state index contributed by atoms with van der Waals surface area (Å²) < 4.78 is 1.72. The third-order valence-corrected chi connectivity index (χ3v) is 5.76. The smallest absolute Gasteiger partial charge is 0.294 e. The molecule has 1 amide bonds. The zero-order chi connectivity index (χ0) is 20.3. The molecule has 0 saturated carbocycles.